The second-order valence-corrected chi connectivity index (χ2v) is 6.27. The highest BCUT2D eigenvalue weighted by Crippen LogP contribution is 2.13. The van der Waals surface area contributed by atoms with E-state index in [2.05, 4.69) is 10.0 Å². The van der Waals surface area contributed by atoms with Crippen LogP contribution in [0.5, 0.6) is 0 Å². The monoisotopic (exact) mass is 320 g/mol. The molecule has 21 heavy (non-hydrogen) atoms. The van der Waals surface area contributed by atoms with Crippen LogP contribution in [-0.4, -0.2) is 46.9 Å². The average Bonchev–Trinajstić information content (AvgIpc) is 2.93. The summed E-state index contributed by atoms with van der Waals surface area (Å²) >= 11 is 0. The molecule has 122 valence electrons. The second-order valence-electron chi connectivity index (χ2n) is 4.57. The largest absolute Gasteiger partial charge is 0.447 e. The van der Waals surface area contributed by atoms with Crippen LogP contribution in [0.4, 0.5) is 0 Å². The minimum atomic E-state index is -3.59. The molecule has 0 aliphatic carbocycles. The number of methoxy groups -OCH3 is 1. The van der Waals surface area contributed by atoms with Gasteiger partial charge in [-0.3, -0.25) is 0 Å². The molecule has 0 unspecified atom stereocenters. The number of ether oxygens (including phenoxy) is 1. The van der Waals surface area contributed by atoms with Crippen LogP contribution >= 0.6 is 0 Å². The number of hydrogen-bond donors (Lipinski definition) is 3. The molecule has 0 aliphatic rings. The van der Waals surface area contributed by atoms with Crippen molar-refractivity contribution in [3.8, 4) is 0 Å². The second kappa shape index (κ2) is 9.91. The van der Waals surface area contributed by atoms with E-state index in [0.29, 0.717) is 44.8 Å². The summed E-state index contributed by atoms with van der Waals surface area (Å²) in [6, 6.07) is 3.09. The van der Waals surface area contributed by atoms with E-state index in [4.69, 9.17) is 14.3 Å². The zero-order valence-corrected chi connectivity index (χ0v) is 13.1. The van der Waals surface area contributed by atoms with Crippen LogP contribution in [0.2, 0.25) is 0 Å². The van der Waals surface area contributed by atoms with E-state index in [1.807, 2.05) is 0 Å². The summed E-state index contributed by atoms with van der Waals surface area (Å²) in [7, 11) is -1.98. The average molecular weight is 320 g/mol. The van der Waals surface area contributed by atoms with Gasteiger partial charge in [-0.15, -0.1) is 0 Å². The Morgan fingerprint density at radius 2 is 2.05 bits per heavy atom. The third-order valence-electron chi connectivity index (χ3n) is 2.81. The predicted molar refractivity (Wildman–Crippen MR) is 78.4 cm³/mol. The maximum absolute atomic E-state index is 12.0. The molecular weight excluding hydrogens is 296 g/mol. The van der Waals surface area contributed by atoms with Crippen molar-refractivity contribution in [1.29, 1.82) is 0 Å². The van der Waals surface area contributed by atoms with E-state index in [0.717, 1.165) is 6.42 Å². The summed E-state index contributed by atoms with van der Waals surface area (Å²) in [5, 5.41) is 11.6. The molecule has 7 nitrogen and oxygen atoms in total. The molecule has 1 aromatic rings. The van der Waals surface area contributed by atoms with Crippen molar-refractivity contribution in [3.63, 3.8) is 0 Å². The van der Waals surface area contributed by atoms with Gasteiger partial charge in [0.1, 0.15) is 5.76 Å². The van der Waals surface area contributed by atoms with Crippen LogP contribution in [0.15, 0.2) is 21.6 Å². The van der Waals surface area contributed by atoms with Gasteiger partial charge in [-0.05, 0) is 31.4 Å². The Balaban J connectivity index is 2.39. The van der Waals surface area contributed by atoms with Gasteiger partial charge in [0, 0.05) is 26.8 Å². The van der Waals surface area contributed by atoms with E-state index >= 15 is 0 Å². The summed E-state index contributed by atoms with van der Waals surface area (Å²) in [6.07, 6.45) is 2.15. The number of hydrogen-bond acceptors (Lipinski definition) is 6. The molecule has 0 saturated carbocycles. The first-order valence-corrected chi connectivity index (χ1v) is 8.47. The van der Waals surface area contributed by atoms with Crippen molar-refractivity contribution < 1.29 is 22.7 Å². The molecule has 3 N–H and O–H groups in total. The molecule has 1 rings (SSSR count). The fourth-order valence-electron chi connectivity index (χ4n) is 1.67. The molecule has 1 aromatic heterocycles. The van der Waals surface area contributed by atoms with Crippen LogP contribution < -0.4 is 10.0 Å². The molecule has 0 radical (unpaired) electrons. The molecule has 0 atom stereocenters. The Labute approximate surface area is 125 Å². The van der Waals surface area contributed by atoms with E-state index in [-0.39, 0.29) is 11.7 Å². The fraction of sp³-hybridized carbons (Fsp3) is 0.692. The highest BCUT2D eigenvalue weighted by Gasteiger charge is 2.17. The van der Waals surface area contributed by atoms with Gasteiger partial charge < -0.3 is 19.6 Å². The Morgan fingerprint density at radius 1 is 1.24 bits per heavy atom. The molecule has 0 spiro atoms. The fourth-order valence-corrected chi connectivity index (χ4v) is 2.69. The van der Waals surface area contributed by atoms with Gasteiger partial charge in [-0.2, -0.15) is 0 Å². The number of aliphatic hydroxyl groups is 1. The Hall–Kier alpha value is -0.930. The Bertz CT molecular complexity index is 487. The van der Waals surface area contributed by atoms with Gasteiger partial charge in [0.15, 0.2) is 0 Å². The van der Waals surface area contributed by atoms with E-state index in [1.54, 1.807) is 13.2 Å². The number of sulfonamides is 1. The standard InChI is InChI=1S/C13H24N2O5S/c1-19-10-8-14-11-12-5-6-13(20-12)21(17,18)15-7-3-2-4-9-16/h5-6,14-16H,2-4,7-11H2,1H3. The molecular formula is C13H24N2O5S. The number of aliphatic hydroxyl groups excluding tert-OH is 1. The van der Waals surface area contributed by atoms with Gasteiger partial charge in [0.25, 0.3) is 10.0 Å². The topological polar surface area (TPSA) is 101 Å². The number of nitrogens with one attached hydrogen (secondary N) is 2. The molecule has 0 amide bonds. The van der Waals surface area contributed by atoms with Gasteiger partial charge in [0.2, 0.25) is 5.09 Å². The van der Waals surface area contributed by atoms with Crippen molar-refractivity contribution in [2.24, 2.45) is 0 Å². The zero-order valence-electron chi connectivity index (χ0n) is 12.3. The first kappa shape index (κ1) is 18.1. The van der Waals surface area contributed by atoms with Crippen molar-refractivity contribution in [2.45, 2.75) is 30.9 Å². The van der Waals surface area contributed by atoms with Crippen molar-refractivity contribution >= 4 is 10.0 Å². The first-order chi connectivity index (χ1) is 10.1. The first-order valence-electron chi connectivity index (χ1n) is 6.99. The third kappa shape index (κ3) is 7.05. The smallest absolute Gasteiger partial charge is 0.273 e. The highest BCUT2D eigenvalue weighted by molar-refractivity contribution is 7.89. The third-order valence-corrected chi connectivity index (χ3v) is 4.14. The van der Waals surface area contributed by atoms with Crippen LogP contribution in [0, 0.1) is 0 Å². The molecule has 0 bridgehead atoms. The summed E-state index contributed by atoms with van der Waals surface area (Å²) < 4.78 is 36.6. The summed E-state index contributed by atoms with van der Waals surface area (Å²) in [5.74, 6) is 0.562. The molecule has 0 aromatic carbocycles. The molecule has 8 heteroatoms. The van der Waals surface area contributed by atoms with E-state index < -0.39 is 10.0 Å². The zero-order chi connectivity index (χ0) is 15.6. The lowest BCUT2D eigenvalue weighted by Gasteiger charge is -2.04. The maximum Gasteiger partial charge on any atom is 0.273 e. The summed E-state index contributed by atoms with van der Waals surface area (Å²) in [4.78, 5) is 0. The maximum atomic E-state index is 12.0. The predicted octanol–water partition coefficient (Wildman–Crippen LogP) is 0.456. The summed E-state index contributed by atoms with van der Waals surface area (Å²) in [5.41, 5.74) is 0. The Morgan fingerprint density at radius 3 is 2.76 bits per heavy atom. The van der Waals surface area contributed by atoms with E-state index in [1.165, 1.54) is 6.07 Å². The number of unbranched alkanes of at least 4 members (excludes halogenated alkanes) is 2. The lowest BCUT2D eigenvalue weighted by atomic mass is 10.2. The minimum absolute atomic E-state index is 0.0757. The van der Waals surface area contributed by atoms with Crippen LogP contribution in [0.3, 0.4) is 0 Å². The SMILES string of the molecule is COCCNCc1ccc(S(=O)(=O)NCCCCCO)o1. The lowest BCUT2D eigenvalue weighted by Crippen LogP contribution is -2.24. The van der Waals surface area contributed by atoms with Crippen LogP contribution in [0.25, 0.3) is 0 Å². The van der Waals surface area contributed by atoms with Gasteiger partial charge in [-0.1, -0.05) is 0 Å². The van der Waals surface area contributed by atoms with Crippen molar-refractivity contribution in [3.05, 3.63) is 17.9 Å². The van der Waals surface area contributed by atoms with Gasteiger partial charge in [0.05, 0.1) is 13.2 Å². The number of furan rings is 1. The minimum Gasteiger partial charge on any atom is -0.447 e. The normalized spacial score (nSPS) is 11.9. The number of rotatable bonds is 12. The molecule has 0 aliphatic heterocycles. The summed E-state index contributed by atoms with van der Waals surface area (Å²) in [6.45, 7) is 2.17. The van der Waals surface area contributed by atoms with Crippen molar-refractivity contribution in [1.82, 2.24) is 10.0 Å². The van der Waals surface area contributed by atoms with Crippen LogP contribution in [0.1, 0.15) is 25.0 Å². The lowest BCUT2D eigenvalue weighted by molar-refractivity contribution is 0.198. The Kier molecular flexibility index (Phi) is 8.55. The molecule has 0 fully saturated rings. The quantitative estimate of drug-likeness (QED) is 0.484. The molecule has 1 heterocycles. The van der Waals surface area contributed by atoms with Crippen LogP contribution in [-0.2, 0) is 21.3 Å². The highest BCUT2D eigenvalue weighted by atomic mass is 32.2. The van der Waals surface area contributed by atoms with Gasteiger partial charge >= 0.3 is 0 Å². The van der Waals surface area contributed by atoms with Crippen molar-refractivity contribution in [2.75, 3.05) is 33.4 Å². The van der Waals surface area contributed by atoms with Gasteiger partial charge in [-0.25, -0.2) is 13.1 Å². The molecule has 0 saturated heterocycles. The van der Waals surface area contributed by atoms with E-state index in [9.17, 15) is 8.42 Å².